The highest BCUT2D eigenvalue weighted by atomic mass is 19.1. The van der Waals surface area contributed by atoms with Crippen LogP contribution >= 0.6 is 0 Å². The molecule has 1 saturated heterocycles. The van der Waals surface area contributed by atoms with Gasteiger partial charge in [0.1, 0.15) is 31.1 Å². The van der Waals surface area contributed by atoms with Gasteiger partial charge in [0, 0.05) is 47.8 Å². The molecular weight excluding hydrogens is 884 g/mol. The standard InChI is InChI=1S/C48H55FN8O11/c1-5-48(65)31-18-36-41-29(20-57(36)44(61)30(31)22-67-45(48)62)40-33(13-12-28-25(4)32(49)19-35(54-41)39(28)40)55-43(60)37-23-66-16-15-56(37)47(64)68-21-26-8-10-27(11-9-26)52-42(59)34(7-6-14-51-46(50)63)53-38(58)17-24(2)3/h8-11,18-19,24,33-34,37,65H,5-7,12-17,20-23H2,1-4H3,(H,52,59)(H,53,58)(H,55,60)(H3,50,51,63)/t33-,34-,37?,48-/m0/s1. The lowest BCUT2D eigenvalue weighted by molar-refractivity contribution is -0.172. The lowest BCUT2D eigenvalue weighted by Gasteiger charge is -2.36. The summed E-state index contributed by atoms with van der Waals surface area (Å²) in [7, 11) is 0. The number of nitrogens with one attached hydrogen (secondary N) is 4. The number of nitrogens with zero attached hydrogens (tertiary/aromatic N) is 3. The van der Waals surface area contributed by atoms with Crippen molar-refractivity contribution < 1.29 is 52.5 Å². The average molecular weight is 939 g/mol. The Bertz CT molecular complexity index is 2780. The predicted molar refractivity (Wildman–Crippen MR) is 243 cm³/mol. The Morgan fingerprint density at radius 2 is 1.85 bits per heavy atom. The van der Waals surface area contributed by atoms with E-state index in [1.807, 2.05) is 13.8 Å². The molecule has 0 saturated carbocycles. The van der Waals surface area contributed by atoms with E-state index < -0.39 is 65.0 Å². The van der Waals surface area contributed by atoms with Gasteiger partial charge in [-0.1, -0.05) is 32.9 Å². The first-order chi connectivity index (χ1) is 32.5. The number of ether oxygens (including phenoxy) is 3. The van der Waals surface area contributed by atoms with Crippen LogP contribution in [0.3, 0.4) is 0 Å². The number of carbonyl (C=O) groups is 6. The summed E-state index contributed by atoms with van der Waals surface area (Å²) >= 11 is 0. The van der Waals surface area contributed by atoms with E-state index in [2.05, 4.69) is 21.3 Å². The van der Waals surface area contributed by atoms with Crippen LogP contribution < -0.4 is 32.6 Å². The number of hydrogen-bond donors (Lipinski definition) is 6. The molecule has 4 aromatic rings. The van der Waals surface area contributed by atoms with Gasteiger partial charge >= 0.3 is 18.1 Å². The molecule has 360 valence electrons. The number of carbonyl (C=O) groups excluding carboxylic acids is 6. The molecule has 7 N–H and O–H groups in total. The third kappa shape index (κ3) is 9.21. The fourth-order valence-electron chi connectivity index (χ4n) is 9.56. The lowest BCUT2D eigenvalue weighted by Crippen LogP contribution is -2.56. The summed E-state index contributed by atoms with van der Waals surface area (Å²) in [4.78, 5) is 98.0. The SMILES string of the molecule is CC[C@@]1(O)C(=O)OCc2c1cc1n(c2=O)Cc2c-1nc1cc(F)c(C)c3c1c2[C@@H](NC(=O)C1COCCN1C(=O)OCc1ccc(NC(=O)[C@H](CCCNC(N)=O)NC(=O)CC(C)C)cc1)CC3. The van der Waals surface area contributed by atoms with Crippen LogP contribution in [-0.2, 0) is 65.2 Å². The summed E-state index contributed by atoms with van der Waals surface area (Å²) in [6.07, 6.45) is 0.856. The van der Waals surface area contributed by atoms with Crippen LogP contribution in [-0.4, -0.2) is 93.8 Å². The van der Waals surface area contributed by atoms with Crippen molar-refractivity contribution >= 4 is 52.4 Å². The lowest BCUT2D eigenvalue weighted by atomic mass is 9.81. The molecule has 1 fully saturated rings. The number of morpholine rings is 1. The number of fused-ring (bicyclic) bond motifs is 5. The maximum absolute atomic E-state index is 15.5. The number of rotatable bonds is 14. The van der Waals surface area contributed by atoms with E-state index in [-0.39, 0.29) is 88.3 Å². The van der Waals surface area contributed by atoms with E-state index in [0.29, 0.717) is 69.5 Å². The summed E-state index contributed by atoms with van der Waals surface area (Å²) in [5, 5.41) is 23.3. The summed E-state index contributed by atoms with van der Waals surface area (Å²) < 4.78 is 33.6. The Hall–Kier alpha value is -6.93. The van der Waals surface area contributed by atoms with Gasteiger partial charge in [0.25, 0.3) is 5.56 Å². The molecule has 0 bridgehead atoms. The minimum Gasteiger partial charge on any atom is -0.458 e. The van der Waals surface area contributed by atoms with Gasteiger partial charge in [0.2, 0.25) is 17.7 Å². The minimum atomic E-state index is -2.05. The van der Waals surface area contributed by atoms with Gasteiger partial charge in [-0.2, -0.15) is 0 Å². The zero-order valence-electron chi connectivity index (χ0n) is 38.3. The normalized spacial score (nSPS) is 19.6. The minimum absolute atomic E-state index is 0.0395. The molecule has 19 nitrogen and oxygen atoms in total. The number of halogens is 1. The monoisotopic (exact) mass is 938 g/mol. The number of aromatic nitrogens is 2. The van der Waals surface area contributed by atoms with Gasteiger partial charge in [0.15, 0.2) is 5.60 Å². The van der Waals surface area contributed by atoms with Gasteiger partial charge in [-0.3, -0.25) is 24.1 Å². The topological polar surface area (TPSA) is 263 Å². The number of primary amides is 1. The van der Waals surface area contributed by atoms with Gasteiger partial charge < -0.3 is 50.9 Å². The Balaban J connectivity index is 0.972. The molecule has 5 heterocycles. The number of anilines is 1. The van der Waals surface area contributed by atoms with Gasteiger partial charge in [-0.15, -0.1) is 0 Å². The Morgan fingerprint density at radius 3 is 2.57 bits per heavy atom. The van der Waals surface area contributed by atoms with Crippen molar-refractivity contribution in [2.24, 2.45) is 11.7 Å². The maximum atomic E-state index is 15.5. The number of aliphatic hydroxyl groups is 1. The van der Waals surface area contributed by atoms with Crippen molar-refractivity contribution in [3.63, 3.8) is 0 Å². The highest BCUT2D eigenvalue weighted by molar-refractivity contribution is 5.97. The number of urea groups is 1. The van der Waals surface area contributed by atoms with Crippen LogP contribution in [0.4, 0.5) is 19.7 Å². The van der Waals surface area contributed by atoms with Crippen LogP contribution in [0, 0.1) is 18.7 Å². The molecule has 4 atom stereocenters. The van der Waals surface area contributed by atoms with Gasteiger partial charge in [0.05, 0.1) is 48.3 Å². The van der Waals surface area contributed by atoms with Crippen LogP contribution in [0.1, 0.15) is 97.9 Å². The van der Waals surface area contributed by atoms with E-state index in [1.165, 1.54) is 15.5 Å². The number of hydrogen-bond acceptors (Lipinski definition) is 12. The number of cyclic esters (lactones) is 1. The molecule has 1 aliphatic carbocycles. The third-order valence-corrected chi connectivity index (χ3v) is 13.2. The molecule has 0 radical (unpaired) electrons. The number of esters is 1. The van der Waals surface area contributed by atoms with Crippen molar-refractivity contribution in [3.05, 3.63) is 91.5 Å². The largest absolute Gasteiger partial charge is 0.458 e. The van der Waals surface area contributed by atoms with Crippen LogP contribution in [0.25, 0.3) is 22.3 Å². The fourth-order valence-corrected chi connectivity index (χ4v) is 9.56. The fraction of sp³-hybridized carbons (Fsp3) is 0.458. The highest BCUT2D eigenvalue weighted by Gasteiger charge is 2.46. The molecule has 68 heavy (non-hydrogen) atoms. The maximum Gasteiger partial charge on any atom is 0.410 e. The molecule has 20 heteroatoms. The molecule has 2 aromatic carbocycles. The highest BCUT2D eigenvalue weighted by Crippen LogP contribution is 2.46. The van der Waals surface area contributed by atoms with Crippen molar-refractivity contribution in [2.45, 2.75) is 110 Å². The van der Waals surface area contributed by atoms with Gasteiger partial charge in [-0.25, -0.2) is 23.8 Å². The Labute approximate surface area is 390 Å². The molecular formula is C48H55FN8O11. The first-order valence-corrected chi connectivity index (χ1v) is 22.8. The second-order valence-electron chi connectivity index (χ2n) is 18.1. The van der Waals surface area contributed by atoms with Crippen molar-refractivity contribution in [2.75, 3.05) is 31.6 Å². The van der Waals surface area contributed by atoms with E-state index in [1.54, 1.807) is 44.2 Å². The Morgan fingerprint density at radius 1 is 1.09 bits per heavy atom. The second kappa shape index (κ2) is 19.4. The molecule has 2 aromatic heterocycles. The number of benzene rings is 2. The zero-order valence-corrected chi connectivity index (χ0v) is 38.3. The number of aryl methyl sites for hydroxylation is 1. The summed E-state index contributed by atoms with van der Waals surface area (Å²) in [6, 6.07) is 6.21. The van der Waals surface area contributed by atoms with Crippen LogP contribution in [0.5, 0.6) is 0 Å². The van der Waals surface area contributed by atoms with Crippen molar-refractivity contribution in [1.29, 1.82) is 0 Å². The molecule has 3 aliphatic heterocycles. The molecule has 8 rings (SSSR count). The zero-order chi connectivity index (χ0) is 48.6. The van der Waals surface area contributed by atoms with Crippen molar-refractivity contribution in [3.8, 4) is 11.4 Å². The summed E-state index contributed by atoms with van der Waals surface area (Å²) in [5.41, 5.74) is 7.46. The smallest absolute Gasteiger partial charge is 0.410 e. The van der Waals surface area contributed by atoms with E-state index in [4.69, 9.17) is 24.9 Å². The predicted octanol–water partition coefficient (Wildman–Crippen LogP) is 3.59. The van der Waals surface area contributed by atoms with E-state index >= 15 is 4.39 Å². The summed E-state index contributed by atoms with van der Waals surface area (Å²) in [6.45, 7) is 7.03. The van der Waals surface area contributed by atoms with Crippen LogP contribution in [0.2, 0.25) is 0 Å². The Kier molecular flexibility index (Phi) is 13.5. The average Bonchev–Trinajstić information content (AvgIpc) is 3.68. The number of nitrogens with two attached hydrogens (primary N) is 1. The van der Waals surface area contributed by atoms with Crippen molar-refractivity contribution in [1.82, 2.24) is 30.4 Å². The second-order valence-corrected chi connectivity index (χ2v) is 18.1. The molecule has 0 spiro atoms. The van der Waals surface area contributed by atoms with Crippen LogP contribution in [0.15, 0.2) is 41.2 Å². The van der Waals surface area contributed by atoms with Gasteiger partial charge in [-0.05, 0) is 85.4 Å². The molecule has 4 aliphatic rings. The van der Waals surface area contributed by atoms with E-state index in [0.717, 1.165) is 5.56 Å². The number of pyridine rings is 2. The first kappa shape index (κ1) is 47.6. The first-order valence-electron chi connectivity index (χ1n) is 22.8. The molecule has 1 unspecified atom stereocenters. The molecule has 6 amide bonds. The quantitative estimate of drug-likeness (QED) is 0.0690. The third-order valence-electron chi connectivity index (χ3n) is 13.2. The number of amides is 6. The van der Waals surface area contributed by atoms with E-state index in [9.17, 15) is 38.7 Å². The summed E-state index contributed by atoms with van der Waals surface area (Å²) in [5.74, 6) is -2.47.